The van der Waals surface area contributed by atoms with Crippen LogP contribution < -0.4 is 54.8 Å². The van der Waals surface area contributed by atoms with Crippen molar-refractivity contribution < 1.29 is 170 Å². The first kappa shape index (κ1) is 92.1. The molecular formula is C78H101N7O35. The van der Waals surface area contributed by atoms with E-state index in [1.807, 2.05) is 0 Å². The van der Waals surface area contributed by atoms with Crippen molar-refractivity contribution in [2.45, 2.75) is 131 Å². The minimum atomic E-state index is -2.06. The van der Waals surface area contributed by atoms with Crippen LogP contribution >= 0.6 is 0 Å². The second-order valence-corrected chi connectivity index (χ2v) is 28.2. The van der Waals surface area contributed by atoms with Crippen molar-refractivity contribution in [3.63, 3.8) is 0 Å². The molecule has 6 amide bonds. The number of aliphatic hydroxyl groups is 8. The highest BCUT2D eigenvalue weighted by Crippen LogP contribution is 2.45. The number of carboxylic acid groups (broad SMARTS) is 2. The number of rotatable bonds is 43. The fourth-order valence-electron chi connectivity index (χ4n) is 13.8. The topological polar surface area (TPSA) is 559 Å². The van der Waals surface area contributed by atoms with Crippen LogP contribution in [0.5, 0.6) is 34.5 Å². The number of methoxy groups -OCH3 is 3. The molecule has 0 spiro atoms. The van der Waals surface area contributed by atoms with E-state index in [0.29, 0.717) is 63.4 Å². The summed E-state index contributed by atoms with van der Waals surface area (Å²) in [7, 11) is 4.07. The lowest BCUT2D eigenvalue weighted by Gasteiger charge is -2.38. The number of nitrogens with two attached hydrogens (primary N) is 1. The number of aliphatic hydroxyl groups excluding tert-OH is 8. The van der Waals surface area contributed by atoms with Crippen LogP contribution in [0, 0.1) is 0 Å². The molecular weight excluding hydrogens is 1590 g/mol. The number of fused-ring (bicyclic) bond motifs is 4. The van der Waals surface area contributed by atoms with Crippen molar-refractivity contribution in [3.8, 4) is 34.5 Å². The lowest BCUT2D eigenvalue weighted by atomic mass is 9.99. The lowest BCUT2D eigenvalue weighted by molar-refractivity contribution is -0.271. The number of benzene rings is 4. The van der Waals surface area contributed by atoms with E-state index in [1.54, 1.807) is 0 Å². The van der Waals surface area contributed by atoms with Crippen LogP contribution in [-0.2, 0) is 75.0 Å². The second-order valence-electron chi connectivity index (χ2n) is 28.2. The molecule has 4 fully saturated rings. The molecule has 4 saturated heterocycles. The summed E-state index contributed by atoms with van der Waals surface area (Å²) in [6.45, 7) is 9.87. The Morgan fingerprint density at radius 2 is 0.850 bits per heavy atom. The highest BCUT2D eigenvalue weighted by Gasteiger charge is 2.52. The molecule has 42 nitrogen and oxygen atoms in total. The summed E-state index contributed by atoms with van der Waals surface area (Å²) < 4.78 is 90.3. The van der Waals surface area contributed by atoms with Crippen LogP contribution in [0.4, 0.5) is 21.0 Å². The number of carboxylic acids is 2. The zero-order chi connectivity index (χ0) is 86.4. The SMILES string of the molecule is C=C1C[C@H]2C(O)N(C(=O)OCc3ccc(O[C@@H]4O[C@H](C(=O)O)[C@@H](O)[C@H](O)[C@H]4O)c(C(=O)NCCOC)c3)c3cc(OCCCCCOc4cc5c(cc4OC)C(=O)N4CC(=C)C[C@H]4C(O)N5C(=O)OCc4ccc(O[C@@H]5O[C@H](C(=O)O)[C@@H](O)[C@H](O)[C@H]5O)c(C(=O)NCCOCCOCCOCCOCCOCCON)c4)c(OC)cc3C(=O)N2C1. The molecule has 0 radical (unpaired) electrons. The quantitative estimate of drug-likeness (QED) is 0.0150. The van der Waals surface area contributed by atoms with E-state index in [1.165, 1.54) is 91.8 Å². The van der Waals surface area contributed by atoms with Crippen LogP contribution in [-0.4, -0.2) is 335 Å². The Kier molecular flexibility index (Phi) is 33.7. The number of nitrogens with one attached hydrogen (secondary N) is 2. The van der Waals surface area contributed by atoms with Crippen molar-refractivity contribution in [3.05, 3.63) is 118 Å². The molecule has 42 heteroatoms. The van der Waals surface area contributed by atoms with E-state index in [9.17, 15) is 89.4 Å². The summed E-state index contributed by atoms with van der Waals surface area (Å²) in [5.74, 6) is -1.52. The van der Waals surface area contributed by atoms with E-state index in [4.69, 9.17) is 81.7 Å². The van der Waals surface area contributed by atoms with Gasteiger partial charge in [-0.05, 0) is 79.6 Å². The van der Waals surface area contributed by atoms with Crippen LogP contribution in [0.1, 0.15) is 84.7 Å². The van der Waals surface area contributed by atoms with Gasteiger partial charge in [0.2, 0.25) is 12.6 Å². The first-order valence-corrected chi connectivity index (χ1v) is 38.3. The van der Waals surface area contributed by atoms with Gasteiger partial charge in [-0.25, -0.2) is 34.9 Å². The van der Waals surface area contributed by atoms with Crippen molar-refractivity contribution in [2.75, 3.05) is 150 Å². The van der Waals surface area contributed by atoms with E-state index in [0.717, 1.165) is 9.80 Å². The normalized spacial score (nSPS) is 23.8. The van der Waals surface area contributed by atoms with Gasteiger partial charge in [0.1, 0.15) is 61.3 Å². The Labute approximate surface area is 686 Å². The zero-order valence-corrected chi connectivity index (χ0v) is 66.0. The smallest absolute Gasteiger partial charge is 0.416 e. The fourth-order valence-corrected chi connectivity index (χ4v) is 13.8. The molecule has 6 aliphatic heterocycles. The van der Waals surface area contributed by atoms with E-state index in [2.05, 4.69) is 28.6 Å². The Balaban J connectivity index is 0.788. The van der Waals surface area contributed by atoms with E-state index < -0.39 is 147 Å². The first-order valence-electron chi connectivity index (χ1n) is 38.3. The Hall–Kier alpha value is -10.2. The van der Waals surface area contributed by atoms with Gasteiger partial charge in [-0.1, -0.05) is 36.4 Å². The van der Waals surface area contributed by atoms with Gasteiger partial charge < -0.3 is 152 Å². The number of hydrogen-bond donors (Lipinski definition) is 13. The first-order chi connectivity index (χ1) is 57.7. The summed E-state index contributed by atoms with van der Waals surface area (Å²) in [5, 5.41) is 112. The molecule has 120 heavy (non-hydrogen) atoms. The minimum Gasteiger partial charge on any atom is -0.493 e. The molecule has 0 bridgehead atoms. The van der Waals surface area contributed by atoms with Crippen molar-refractivity contribution in [2.24, 2.45) is 5.90 Å². The fraction of sp³-hybridized carbons (Fsp3) is 0.538. The average molecular weight is 1700 g/mol. The van der Waals surface area contributed by atoms with Crippen LogP contribution in [0.25, 0.3) is 0 Å². The van der Waals surface area contributed by atoms with Crippen LogP contribution in [0.2, 0.25) is 0 Å². The molecule has 14 atom stereocenters. The van der Waals surface area contributed by atoms with Gasteiger partial charge in [0.05, 0.1) is 152 Å². The Bertz CT molecular complexity index is 4250. The third-order valence-corrected chi connectivity index (χ3v) is 19.9. The van der Waals surface area contributed by atoms with Gasteiger partial charge in [0.15, 0.2) is 47.7 Å². The predicted octanol–water partition coefficient (Wildman–Crippen LogP) is -0.555. The second kappa shape index (κ2) is 43.9. The third kappa shape index (κ3) is 22.7. The highest BCUT2D eigenvalue weighted by molar-refractivity contribution is 6.07. The predicted molar refractivity (Wildman–Crippen MR) is 409 cm³/mol. The number of carbonyl (C=O) groups is 8. The maximum Gasteiger partial charge on any atom is 0.416 e. The number of unbranched alkanes of at least 4 members (excludes halogenated alkanes) is 2. The molecule has 2 unspecified atom stereocenters. The number of amides is 6. The average Bonchev–Trinajstić information content (AvgIpc) is 1.62. The summed E-state index contributed by atoms with van der Waals surface area (Å²) in [6.07, 6.45) is -24.6. The third-order valence-electron chi connectivity index (χ3n) is 19.9. The standard InChI is InChI=1S/C78H101N7O35/c1-41-29-51-71(96)84(77(102)114-39-43-9-11-53(47(31-43)67(92)80-13-17-104-3)117-75-63(90)59(86)61(88)65(119-75)73(98)99)49-35-57(55(105-4)33-45(49)69(94)82(51)37-41)112-15-7-6-8-16-113-58-36-50-46(34-56(58)106-5)70(95)83-38-42(2)30-52(83)72(97)85(50)78(103)115-40-44-10-12-54(118-76-64(91)60(87)62(89)66(120-76)74(100)101)48(32-44)68(93)81-14-18-107-19-20-108-21-22-109-23-24-110-25-26-111-27-28-116-79/h9-12,31-36,51-52,59-66,71-72,75-76,86-91,96-97H,1-2,6-8,13-30,37-40,79H2,3-5H3,(H,80,92)(H,81,93)(H,98,99)(H,100,101)/t51-,52-,59-,60-,61-,62-,63+,64+,65-,66-,71?,72?,75+,76+/m0/s1. The molecule has 4 aromatic carbocycles. The number of hydrogen-bond acceptors (Lipinski definition) is 34. The summed E-state index contributed by atoms with van der Waals surface area (Å²) in [5.41, 5.74) is 0.533. The zero-order valence-electron chi connectivity index (χ0n) is 66.0. The molecule has 4 aromatic rings. The Morgan fingerprint density at radius 1 is 0.467 bits per heavy atom. The van der Waals surface area contributed by atoms with Gasteiger partial charge in [0.25, 0.3) is 23.6 Å². The van der Waals surface area contributed by atoms with Gasteiger partial charge >= 0.3 is 24.1 Å². The van der Waals surface area contributed by atoms with Crippen LogP contribution in [0.15, 0.2) is 85.0 Å². The molecule has 0 aromatic heterocycles. The summed E-state index contributed by atoms with van der Waals surface area (Å²) >= 11 is 0. The van der Waals surface area contributed by atoms with Gasteiger partial charge in [-0.15, -0.1) is 0 Å². The van der Waals surface area contributed by atoms with Crippen molar-refractivity contribution in [1.29, 1.82) is 0 Å². The van der Waals surface area contributed by atoms with Crippen molar-refractivity contribution >= 4 is 59.1 Å². The van der Waals surface area contributed by atoms with Crippen LogP contribution in [0.3, 0.4) is 0 Å². The van der Waals surface area contributed by atoms with E-state index >= 15 is 0 Å². The van der Waals surface area contributed by atoms with Gasteiger partial charge in [-0.2, -0.15) is 0 Å². The number of aliphatic carboxylic acids is 2. The maximum absolute atomic E-state index is 14.7. The number of carbonyl (C=O) groups excluding carboxylic acids is 6. The molecule has 14 N–H and O–H groups in total. The molecule has 0 aliphatic carbocycles. The van der Waals surface area contributed by atoms with E-state index in [-0.39, 0.29) is 178 Å². The number of anilines is 2. The molecule has 6 aliphatic rings. The number of nitrogens with zero attached hydrogens (tertiary/aromatic N) is 4. The molecule has 0 saturated carbocycles. The maximum atomic E-state index is 14.7. The monoisotopic (exact) mass is 1700 g/mol. The highest BCUT2D eigenvalue weighted by atomic mass is 16.7. The lowest BCUT2D eigenvalue weighted by Crippen LogP contribution is -2.61. The number of ether oxygens (including phenoxy) is 16. The molecule has 6 heterocycles. The molecule has 658 valence electrons. The minimum absolute atomic E-state index is 0.00208. The summed E-state index contributed by atoms with van der Waals surface area (Å²) in [4.78, 5) is 119. The molecule has 10 rings (SSSR count). The van der Waals surface area contributed by atoms with Gasteiger partial charge in [-0.3, -0.25) is 19.2 Å². The largest absolute Gasteiger partial charge is 0.493 e. The van der Waals surface area contributed by atoms with Crippen molar-refractivity contribution in [1.82, 2.24) is 20.4 Å². The Morgan fingerprint density at radius 3 is 1.23 bits per heavy atom. The van der Waals surface area contributed by atoms with Gasteiger partial charge in [0, 0.05) is 45.4 Å². The summed E-state index contributed by atoms with van der Waals surface area (Å²) in [6, 6.07) is 11.1.